The van der Waals surface area contributed by atoms with Gasteiger partial charge >= 0.3 is 6.18 Å². The number of amides is 1. The molecule has 0 unspecified atom stereocenters. The van der Waals surface area contributed by atoms with Gasteiger partial charge in [-0.2, -0.15) is 18.4 Å². The van der Waals surface area contributed by atoms with Crippen LogP contribution in [0.1, 0.15) is 47.7 Å². The quantitative estimate of drug-likeness (QED) is 0.290. The second-order valence-corrected chi connectivity index (χ2v) is 11.4. The van der Waals surface area contributed by atoms with E-state index in [2.05, 4.69) is 39.3 Å². The third kappa shape index (κ3) is 7.67. The monoisotopic (exact) mass is 626 g/mol. The number of hydrogen-bond acceptors (Lipinski definition) is 7. The van der Waals surface area contributed by atoms with Crippen molar-refractivity contribution in [3.05, 3.63) is 53.1 Å². The van der Waals surface area contributed by atoms with Gasteiger partial charge in [0.15, 0.2) is 0 Å². The number of alkyl halides is 3. The first-order valence-corrected chi connectivity index (χ1v) is 14.7. The lowest BCUT2D eigenvalue weighted by Gasteiger charge is -2.42. The number of rotatable bonds is 7. The molecule has 1 aromatic heterocycles. The molecule has 45 heavy (non-hydrogen) atoms. The van der Waals surface area contributed by atoms with Crippen molar-refractivity contribution < 1.29 is 31.8 Å². The molecule has 2 aliphatic rings. The fourth-order valence-corrected chi connectivity index (χ4v) is 5.98. The third-order valence-corrected chi connectivity index (χ3v) is 8.29. The van der Waals surface area contributed by atoms with Crippen LogP contribution >= 0.6 is 0 Å². The number of anilines is 1. The van der Waals surface area contributed by atoms with Gasteiger partial charge in [0.25, 0.3) is 5.91 Å². The van der Waals surface area contributed by atoms with E-state index in [0.29, 0.717) is 17.3 Å². The van der Waals surface area contributed by atoms with Gasteiger partial charge in [-0.3, -0.25) is 9.69 Å². The van der Waals surface area contributed by atoms with E-state index in [0.717, 1.165) is 62.5 Å². The van der Waals surface area contributed by atoms with E-state index >= 15 is 0 Å². The number of likely N-dealkylation sites (tertiary alicyclic amines) is 1. The molecule has 2 aliphatic heterocycles. The molecule has 2 N–H and O–H groups in total. The van der Waals surface area contributed by atoms with Crippen LogP contribution in [0.4, 0.5) is 23.2 Å². The Kier molecular flexibility index (Phi) is 9.80. The van der Waals surface area contributed by atoms with Gasteiger partial charge in [0.1, 0.15) is 29.7 Å². The van der Waals surface area contributed by atoms with Gasteiger partial charge in [-0.25, -0.2) is 9.37 Å². The summed E-state index contributed by atoms with van der Waals surface area (Å²) < 4.78 is 65.6. The molecule has 9 nitrogen and oxygen atoms in total. The first-order valence-electron chi connectivity index (χ1n) is 14.7. The highest BCUT2D eigenvalue weighted by molar-refractivity contribution is 6.05. The van der Waals surface area contributed by atoms with Crippen LogP contribution in [-0.2, 0) is 11.3 Å². The number of benzene rings is 2. The number of imidazole rings is 1. The van der Waals surface area contributed by atoms with Gasteiger partial charge in [-0.1, -0.05) is 18.8 Å². The number of carbonyl (C=O) groups is 1. The molecule has 0 aliphatic carbocycles. The standard InChI is InChI=1S/C32H34F4N6O3/c1-20-17-41(23-6-10-45-11-7-23)9-5-26(20)40-31(43)24-12-21(13-28-30(24)39-19-42(28)18-32(34,35)36)4-3-8-38-27-14-22(16-37)25(33)15-29(27)44-2/h12-15,19-20,23,26,38H,5-11,17-18H2,1-2H3,(H,40,43)/t20-,26-/m0/s1. The summed E-state index contributed by atoms with van der Waals surface area (Å²) in [5.41, 5.74) is 0.939. The van der Waals surface area contributed by atoms with E-state index in [-0.39, 0.29) is 46.4 Å². The van der Waals surface area contributed by atoms with Crippen LogP contribution < -0.4 is 15.4 Å². The van der Waals surface area contributed by atoms with Gasteiger partial charge in [-0.05, 0) is 43.4 Å². The lowest BCUT2D eigenvalue weighted by atomic mass is 9.91. The summed E-state index contributed by atoms with van der Waals surface area (Å²) >= 11 is 0. The summed E-state index contributed by atoms with van der Waals surface area (Å²) in [6, 6.07) is 7.52. The topological polar surface area (TPSA) is 104 Å². The number of ether oxygens (including phenoxy) is 2. The van der Waals surface area contributed by atoms with Crippen molar-refractivity contribution in [3.8, 4) is 23.7 Å². The van der Waals surface area contributed by atoms with Crippen LogP contribution in [0.25, 0.3) is 11.0 Å². The second kappa shape index (κ2) is 13.8. The highest BCUT2D eigenvalue weighted by Crippen LogP contribution is 2.29. The zero-order valence-electron chi connectivity index (χ0n) is 25.0. The van der Waals surface area contributed by atoms with Gasteiger partial charge in [0.2, 0.25) is 0 Å². The van der Waals surface area contributed by atoms with E-state index in [4.69, 9.17) is 14.7 Å². The van der Waals surface area contributed by atoms with Crippen molar-refractivity contribution in [2.75, 3.05) is 45.3 Å². The predicted octanol–water partition coefficient (Wildman–Crippen LogP) is 4.70. The van der Waals surface area contributed by atoms with Crippen LogP contribution in [0.2, 0.25) is 0 Å². The summed E-state index contributed by atoms with van der Waals surface area (Å²) in [4.78, 5) is 20.3. The number of methoxy groups -OCH3 is 1. The zero-order valence-corrected chi connectivity index (χ0v) is 25.0. The minimum atomic E-state index is -4.49. The van der Waals surface area contributed by atoms with Crippen LogP contribution in [-0.4, -0.2) is 78.6 Å². The highest BCUT2D eigenvalue weighted by atomic mass is 19.4. The van der Waals surface area contributed by atoms with Crippen LogP contribution in [0.15, 0.2) is 30.6 Å². The average Bonchev–Trinajstić information content (AvgIpc) is 3.41. The molecule has 1 amide bonds. The second-order valence-electron chi connectivity index (χ2n) is 11.4. The molecule has 13 heteroatoms. The maximum Gasteiger partial charge on any atom is 0.406 e. The molecule has 0 saturated carbocycles. The van der Waals surface area contributed by atoms with Crippen molar-refractivity contribution in [3.63, 3.8) is 0 Å². The van der Waals surface area contributed by atoms with E-state index in [9.17, 15) is 22.4 Å². The number of piperidine rings is 1. The van der Waals surface area contributed by atoms with Crippen molar-refractivity contribution in [2.24, 2.45) is 5.92 Å². The summed E-state index contributed by atoms with van der Waals surface area (Å²) in [5, 5.41) is 15.2. The summed E-state index contributed by atoms with van der Waals surface area (Å²) in [6.45, 7) is 4.04. The fourth-order valence-electron chi connectivity index (χ4n) is 5.98. The summed E-state index contributed by atoms with van der Waals surface area (Å²) in [5.74, 6) is 4.98. The molecule has 2 fully saturated rings. The summed E-state index contributed by atoms with van der Waals surface area (Å²) in [7, 11) is 1.36. The van der Waals surface area contributed by atoms with Crippen molar-refractivity contribution >= 4 is 22.6 Å². The van der Waals surface area contributed by atoms with Gasteiger partial charge < -0.3 is 24.7 Å². The first-order chi connectivity index (χ1) is 21.6. The van der Waals surface area contributed by atoms with Gasteiger partial charge in [-0.15, -0.1) is 0 Å². The van der Waals surface area contributed by atoms with E-state index in [1.807, 2.05) is 0 Å². The van der Waals surface area contributed by atoms with Crippen LogP contribution in [0, 0.1) is 34.9 Å². The van der Waals surface area contributed by atoms with E-state index in [1.165, 1.54) is 25.3 Å². The van der Waals surface area contributed by atoms with Crippen LogP contribution in [0.5, 0.6) is 5.75 Å². The fraction of sp³-hybridized carbons (Fsp3) is 0.469. The highest BCUT2D eigenvalue weighted by Gasteiger charge is 2.33. The molecule has 3 aromatic rings. The third-order valence-electron chi connectivity index (χ3n) is 8.29. The van der Waals surface area contributed by atoms with Crippen molar-refractivity contribution in [2.45, 2.75) is 51.0 Å². The molecule has 2 aromatic carbocycles. The average molecular weight is 627 g/mol. The molecule has 3 heterocycles. The van der Waals surface area contributed by atoms with Gasteiger partial charge in [0, 0.05) is 50.0 Å². The molecular formula is C32H34F4N6O3. The normalized spacial score (nSPS) is 19.4. The number of hydrogen-bond donors (Lipinski definition) is 2. The number of halogens is 4. The van der Waals surface area contributed by atoms with Crippen molar-refractivity contribution in [1.29, 1.82) is 5.26 Å². The molecule has 0 spiro atoms. The van der Waals surface area contributed by atoms with Crippen molar-refractivity contribution in [1.82, 2.24) is 19.8 Å². The lowest BCUT2D eigenvalue weighted by Crippen LogP contribution is -2.53. The molecule has 2 atom stereocenters. The maximum absolute atomic E-state index is 14.0. The molecule has 5 rings (SSSR count). The Hall–Kier alpha value is -4.33. The van der Waals surface area contributed by atoms with E-state index in [1.54, 1.807) is 6.07 Å². The zero-order chi connectivity index (χ0) is 32.1. The number of nitriles is 1. The SMILES string of the molecule is COc1cc(F)c(C#N)cc1NCC#Cc1cc(C(=O)N[C@H]2CCN(C3CCOCC3)C[C@@H]2C)c2ncn(CC(F)(F)F)c2c1. The Balaban J connectivity index is 1.36. The minimum Gasteiger partial charge on any atom is -0.494 e. The Morgan fingerprint density at radius 1 is 1.20 bits per heavy atom. The smallest absolute Gasteiger partial charge is 0.406 e. The van der Waals surface area contributed by atoms with Gasteiger partial charge in [0.05, 0.1) is 42.3 Å². The lowest BCUT2D eigenvalue weighted by molar-refractivity contribution is -0.139. The Morgan fingerprint density at radius 3 is 2.67 bits per heavy atom. The molecular weight excluding hydrogens is 592 g/mol. The minimum absolute atomic E-state index is 0.0391. The van der Waals surface area contributed by atoms with Crippen LogP contribution in [0.3, 0.4) is 0 Å². The molecule has 0 radical (unpaired) electrons. The number of aromatic nitrogens is 2. The molecule has 2 saturated heterocycles. The number of fused-ring (bicyclic) bond motifs is 1. The predicted molar refractivity (Wildman–Crippen MR) is 159 cm³/mol. The maximum atomic E-state index is 14.0. The number of nitrogens with zero attached hydrogens (tertiary/aromatic N) is 4. The number of carbonyl (C=O) groups excluding carboxylic acids is 1. The molecule has 238 valence electrons. The Labute approximate surface area is 258 Å². The first kappa shape index (κ1) is 32.1. The summed E-state index contributed by atoms with van der Waals surface area (Å²) in [6.07, 6.45) is -0.683. The molecule has 0 bridgehead atoms. The Bertz CT molecular complexity index is 1650. The van der Waals surface area contributed by atoms with E-state index < -0.39 is 24.4 Å². The largest absolute Gasteiger partial charge is 0.494 e. The Morgan fingerprint density at radius 2 is 1.98 bits per heavy atom. The number of nitrogens with one attached hydrogen (secondary N) is 2.